The lowest BCUT2D eigenvalue weighted by molar-refractivity contribution is -0.146. The lowest BCUT2D eigenvalue weighted by Gasteiger charge is -2.41. The van der Waals surface area contributed by atoms with E-state index in [-0.39, 0.29) is 24.2 Å². The zero-order chi connectivity index (χ0) is 24.1. The van der Waals surface area contributed by atoms with Crippen LogP contribution in [0.5, 0.6) is 5.75 Å². The van der Waals surface area contributed by atoms with E-state index >= 15 is 0 Å². The van der Waals surface area contributed by atoms with Crippen LogP contribution in [0.1, 0.15) is 72.6 Å². The van der Waals surface area contributed by atoms with Crippen LogP contribution in [-0.2, 0) is 14.3 Å². The Kier molecular flexibility index (Phi) is 8.49. The fourth-order valence-electron chi connectivity index (χ4n) is 3.08. The SMILES string of the molecule is Cc1cc(C(C(=O)NC(C)C)N(C(=O)CNC(=O)OC(C)(C)C)C(C)(C)C)ccc1O. The van der Waals surface area contributed by atoms with Crippen molar-refractivity contribution in [3.05, 3.63) is 29.3 Å². The monoisotopic (exact) mass is 435 g/mol. The van der Waals surface area contributed by atoms with Crippen molar-refractivity contribution in [3.63, 3.8) is 0 Å². The first-order valence-corrected chi connectivity index (χ1v) is 10.4. The molecule has 0 aliphatic rings. The number of rotatable bonds is 6. The molecule has 8 heteroatoms. The Balaban J connectivity index is 3.31. The number of aryl methyl sites for hydroxylation is 1. The number of nitrogens with zero attached hydrogens (tertiary/aromatic N) is 1. The minimum absolute atomic E-state index is 0.104. The number of hydrogen-bond donors (Lipinski definition) is 3. The summed E-state index contributed by atoms with van der Waals surface area (Å²) in [5.41, 5.74) is -0.278. The summed E-state index contributed by atoms with van der Waals surface area (Å²) in [6.45, 7) is 15.7. The van der Waals surface area contributed by atoms with Gasteiger partial charge in [-0.1, -0.05) is 6.07 Å². The number of aromatic hydroxyl groups is 1. The van der Waals surface area contributed by atoms with Crippen molar-refractivity contribution < 1.29 is 24.2 Å². The second kappa shape index (κ2) is 10.0. The van der Waals surface area contributed by atoms with E-state index in [4.69, 9.17) is 4.74 Å². The minimum atomic E-state index is -0.949. The van der Waals surface area contributed by atoms with Crippen molar-refractivity contribution in [2.75, 3.05) is 6.54 Å². The third-order valence-corrected chi connectivity index (χ3v) is 4.25. The first-order chi connectivity index (χ1) is 14.0. The number of carbonyl (C=O) groups is 3. The molecule has 1 atom stereocenters. The van der Waals surface area contributed by atoms with Gasteiger partial charge in [-0.15, -0.1) is 0 Å². The van der Waals surface area contributed by atoms with Crippen LogP contribution in [0.2, 0.25) is 0 Å². The second-order valence-corrected chi connectivity index (χ2v) is 9.90. The lowest BCUT2D eigenvalue weighted by Crippen LogP contribution is -2.55. The molecule has 1 aromatic rings. The normalized spacial score (nSPS) is 12.8. The van der Waals surface area contributed by atoms with Gasteiger partial charge in [0.1, 0.15) is 23.9 Å². The maximum atomic E-state index is 13.2. The fourth-order valence-corrected chi connectivity index (χ4v) is 3.08. The molecule has 1 aromatic carbocycles. The van der Waals surface area contributed by atoms with Crippen LogP contribution in [0.3, 0.4) is 0 Å². The highest BCUT2D eigenvalue weighted by Gasteiger charge is 2.38. The molecule has 3 N–H and O–H groups in total. The summed E-state index contributed by atoms with van der Waals surface area (Å²) in [6.07, 6.45) is -0.710. The zero-order valence-corrected chi connectivity index (χ0v) is 20.1. The predicted octanol–water partition coefficient (Wildman–Crippen LogP) is 3.42. The average Bonchev–Trinajstić information content (AvgIpc) is 2.56. The van der Waals surface area contributed by atoms with Crippen LogP contribution in [0, 0.1) is 6.92 Å². The van der Waals surface area contributed by atoms with Gasteiger partial charge < -0.3 is 25.4 Å². The van der Waals surface area contributed by atoms with Crippen molar-refractivity contribution in [1.82, 2.24) is 15.5 Å². The minimum Gasteiger partial charge on any atom is -0.508 e. The number of ether oxygens (including phenoxy) is 1. The number of hydrogen-bond acceptors (Lipinski definition) is 5. The van der Waals surface area contributed by atoms with E-state index in [2.05, 4.69) is 10.6 Å². The summed E-state index contributed by atoms with van der Waals surface area (Å²) in [6, 6.07) is 3.73. The maximum Gasteiger partial charge on any atom is 0.408 e. The van der Waals surface area contributed by atoms with Gasteiger partial charge in [-0.2, -0.15) is 0 Å². The van der Waals surface area contributed by atoms with E-state index in [1.807, 2.05) is 34.6 Å². The highest BCUT2D eigenvalue weighted by Crippen LogP contribution is 2.31. The van der Waals surface area contributed by atoms with Crippen LogP contribution in [0.4, 0.5) is 4.79 Å². The van der Waals surface area contributed by atoms with E-state index in [1.54, 1.807) is 39.8 Å². The van der Waals surface area contributed by atoms with Crippen molar-refractivity contribution in [2.45, 2.75) is 85.5 Å². The molecule has 174 valence electrons. The van der Waals surface area contributed by atoms with Gasteiger partial charge >= 0.3 is 6.09 Å². The number of carbonyl (C=O) groups excluding carboxylic acids is 3. The van der Waals surface area contributed by atoms with Crippen molar-refractivity contribution in [3.8, 4) is 5.75 Å². The summed E-state index contributed by atoms with van der Waals surface area (Å²) in [5, 5.41) is 15.3. The highest BCUT2D eigenvalue weighted by molar-refractivity contribution is 5.91. The molecule has 0 spiro atoms. The Labute approximate surface area is 185 Å². The number of nitrogens with one attached hydrogen (secondary N) is 2. The Morgan fingerprint density at radius 2 is 1.68 bits per heavy atom. The summed E-state index contributed by atoms with van der Waals surface area (Å²) in [7, 11) is 0. The zero-order valence-electron chi connectivity index (χ0n) is 20.1. The molecule has 0 radical (unpaired) electrons. The van der Waals surface area contributed by atoms with Gasteiger partial charge in [0.25, 0.3) is 0 Å². The van der Waals surface area contributed by atoms with E-state index in [1.165, 1.54) is 11.0 Å². The molecule has 0 bridgehead atoms. The summed E-state index contributed by atoms with van der Waals surface area (Å²) < 4.78 is 5.20. The van der Waals surface area contributed by atoms with Gasteiger partial charge in [0.05, 0.1) is 0 Å². The standard InChI is InChI=1S/C23H37N3O5/c1-14(2)25-20(29)19(16-10-11-17(27)15(3)12-16)26(22(4,5)6)18(28)13-24-21(30)31-23(7,8)9/h10-12,14,19,27H,13H2,1-9H3,(H,24,30)(H,25,29). The molecule has 0 aromatic heterocycles. The van der Waals surface area contributed by atoms with Gasteiger partial charge in [0.2, 0.25) is 11.8 Å². The van der Waals surface area contributed by atoms with Crippen LogP contribution < -0.4 is 10.6 Å². The quantitative estimate of drug-likeness (QED) is 0.635. The third kappa shape index (κ3) is 8.11. The lowest BCUT2D eigenvalue weighted by atomic mass is 9.95. The molecule has 0 heterocycles. The maximum absolute atomic E-state index is 13.2. The van der Waals surface area contributed by atoms with Gasteiger partial charge in [-0.25, -0.2) is 4.79 Å². The molecule has 0 fully saturated rings. The highest BCUT2D eigenvalue weighted by atomic mass is 16.6. The summed E-state index contributed by atoms with van der Waals surface area (Å²) in [4.78, 5) is 39.9. The Hall–Kier alpha value is -2.77. The first kappa shape index (κ1) is 26.3. The molecular weight excluding hydrogens is 398 g/mol. The molecule has 3 amide bonds. The second-order valence-electron chi connectivity index (χ2n) is 9.90. The smallest absolute Gasteiger partial charge is 0.408 e. The van der Waals surface area contributed by atoms with Crippen LogP contribution in [-0.4, -0.2) is 51.6 Å². The summed E-state index contributed by atoms with van der Waals surface area (Å²) in [5.74, 6) is -0.680. The molecule has 0 saturated carbocycles. The number of benzene rings is 1. The Morgan fingerprint density at radius 3 is 2.13 bits per heavy atom. The van der Waals surface area contributed by atoms with Crippen molar-refractivity contribution >= 4 is 17.9 Å². The van der Waals surface area contributed by atoms with Crippen molar-refractivity contribution in [2.24, 2.45) is 0 Å². The van der Waals surface area contributed by atoms with Gasteiger partial charge in [0.15, 0.2) is 0 Å². The van der Waals surface area contributed by atoms with E-state index in [9.17, 15) is 19.5 Å². The first-order valence-electron chi connectivity index (χ1n) is 10.4. The topological polar surface area (TPSA) is 108 Å². The van der Waals surface area contributed by atoms with Crippen molar-refractivity contribution in [1.29, 1.82) is 0 Å². The van der Waals surface area contributed by atoms with E-state index in [0.29, 0.717) is 11.1 Å². The molecule has 1 rings (SSSR count). The van der Waals surface area contributed by atoms with Gasteiger partial charge in [0, 0.05) is 11.6 Å². The molecule has 0 aliphatic carbocycles. The summed E-state index contributed by atoms with van der Waals surface area (Å²) >= 11 is 0. The fraction of sp³-hybridized carbons (Fsp3) is 0.609. The number of phenols is 1. The van der Waals surface area contributed by atoms with Crippen LogP contribution in [0.15, 0.2) is 18.2 Å². The van der Waals surface area contributed by atoms with Crippen LogP contribution in [0.25, 0.3) is 0 Å². The molecule has 8 nitrogen and oxygen atoms in total. The Bertz CT molecular complexity index is 806. The number of alkyl carbamates (subject to hydrolysis) is 1. The number of amides is 3. The predicted molar refractivity (Wildman–Crippen MR) is 120 cm³/mol. The molecule has 1 unspecified atom stereocenters. The molecule has 0 aliphatic heterocycles. The van der Waals surface area contributed by atoms with E-state index < -0.39 is 29.2 Å². The molecule has 31 heavy (non-hydrogen) atoms. The molecular formula is C23H37N3O5. The third-order valence-electron chi connectivity index (χ3n) is 4.25. The van der Waals surface area contributed by atoms with E-state index in [0.717, 1.165) is 0 Å². The largest absolute Gasteiger partial charge is 0.508 e. The number of phenolic OH excluding ortho intramolecular Hbond substituents is 1. The molecule has 0 saturated heterocycles. The van der Waals surface area contributed by atoms with Crippen LogP contribution >= 0.6 is 0 Å². The van der Waals surface area contributed by atoms with Gasteiger partial charge in [-0.05, 0) is 85.6 Å². The average molecular weight is 436 g/mol. The Morgan fingerprint density at radius 1 is 1.10 bits per heavy atom. The van der Waals surface area contributed by atoms with Gasteiger partial charge in [-0.3, -0.25) is 9.59 Å².